The molecule has 0 spiro atoms. The molecular weight excluding hydrogens is 218 g/mol. The van der Waals surface area contributed by atoms with Gasteiger partial charge >= 0.3 is 0 Å². The van der Waals surface area contributed by atoms with Crippen molar-refractivity contribution in [3.05, 3.63) is 24.3 Å². The third-order valence-electron chi connectivity index (χ3n) is 3.02. The van der Waals surface area contributed by atoms with Gasteiger partial charge in [0.05, 0.1) is 4.70 Å². The third kappa shape index (κ3) is 1.90. The highest BCUT2D eigenvalue weighted by molar-refractivity contribution is 7.13. The predicted octanol–water partition coefficient (Wildman–Crippen LogP) is 2.46. The maximum atomic E-state index is 4.49. The minimum atomic E-state index is 0.527. The molecule has 0 bridgehead atoms. The van der Waals surface area contributed by atoms with Gasteiger partial charge in [-0.3, -0.25) is 0 Å². The number of benzene rings is 1. The van der Waals surface area contributed by atoms with Crippen LogP contribution in [0.2, 0.25) is 0 Å². The fraction of sp³-hybridized carbons (Fsp3) is 0.417. The van der Waals surface area contributed by atoms with Crippen molar-refractivity contribution < 1.29 is 0 Å². The maximum absolute atomic E-state index is 4.49. The number of nitrogens with zero attached hydrogens (tertiary/aromatic N) is 1. The van der Waals surface area contributed by atoms with Crippen LogP contribution >= 0.6 is 11.5 Å². The monoisotopic (exact) mass is 233 g/mol. The van der Waals surface area contributed by atoms with E-state index in [1.807, 2.05) is 0 Å². The van der Waals surface area contributed by atoms with Crippen LogP contribution in [0.25, 0.3) is 10.1 Å². The largest absolute Gasteiger partial charge is 0.365 e. The number of anilines is 1. The van der Waals surface area contributed by atoms with Crippen molar-refractivity contribution in [2.75, 3.05) is 18.4 Å². The normalized spacial score (nSPS) is 21.1. The molecule has 0 amide bonds. The average molecular weight is 233 g/mol. The van der Waals surface area contributed by atoms with Crippen molar-refractivity contribution in [3.63, 3.8) is 0 Å². The number of rotatable bonds is 2. The van der Waals surface area contributed by atoms with E-state index in [-0.39, 0.29) is 0 Å². The highest BCUT2D eigenvalue weighted by Gasteiger charge is 2.14. The Hall–Kier alpha value is -1.13. The summed E-state index contributed by atoms with van der Waals surface area (Å²) >= 11 is 1.57. The van der Waals surface area contributed by atoms with Crippen LogP contribution in [-0.4, -0.2) is 23.5 Å². The molecule has 4 heteroatoms. The minimum Gasteiger partial charge on any atom is -0.365 e. The lowest BCUT2D eigenvalue weighted by Crippen LogP contribution is -2.38. The van der Waals surface area contributed by atoms with Crippen LogP contribution < -0.4 is 10.6 Å². The Balaban J connectivity index is 1.83. The van der Waals surface area contributed by atoms with Crippen LogP contribution in [0.4, 0.5) is 5.82 Å². The van der Waals surface area contributed by atoms with Gasteiger partial charge in [-0.15, -0.1) is 0 Å². The molecule has 3 rings (SSSR count). The Labute approximate surface area is 99.0 Å². The van der Waals surface area contributed by atoms with Gasteiger partial charge < -0.3 is 10.6 Å². The van der Waals surface area contributed by atoms with Gasteiger partial charge in [0.2, 0.25) is 0 Å². The zero-order valence-corrected chi connectivity index (χ0v) is 9.89. The van der Waals surface area contributed by atoms with Crippen LogP contribution in [0.3, 0.4) is 0 Å². The van der Waals surface area contributed by atoms with Crippen LogP contribution in [0.5, 0.6) is 0 Å². The fourth-order valence-electron chi connectivity index (χ4n) is 2.16. The zero-order chi connectivity index (χ0) is 10.8. The number of piperidine rings is 1. The van der Waals surface area contributed by atoms with Crippen LogP contribution in [0.15, 0.2) is 24.3 Å². The Morgan fingerprint density at radius 1 is 1.38 bits per heavy atom. The van der Waals surface area contributed by atoms with Gasteiger partial charge in [0, 0.05) is 18.0 Å². The lowest BCUT2D eigenvalue weighted by Gasteiger charge is -2.23. The van der Waals surface area contributed by atoms with E-state index in [0.29, 0.717) is 6.04 Å². The van der Waals surface area contributed by atoms with E-state index in [1.165, 1.54) is 22.9 Å². The van der Waals surface area contributed by atoms with E-state index in [1.54, 1.807) is 11.5 Å². The van der Waals surface area contributed by atoms with Gasteiger partial charge in [0.25, 0.3) is 0 Å². The first kappa shape index (κ1) is 10.1. The molecular formula is C12H15N3S. The molecule has 0 saturated carbocycles. The summed E-state index contributed by atoms with van der Waals surface area (Å²) in [5, 5.41) is 8.20. The maximum Gasteiger partial charge on any atom is 0.147 e. The summed E-state index contributed by atoms with van der Waals surface area (Å²) in [7, 11) is 0. The van der Waals surface area contributed by atoms with Crippen LogP contribution in [0.1, 0.15) is 12.8 Å². The predicted molar refractivity (Wildman–Crippen MR) is 69.1 cm³/mol. The molecule has 0 aliphatic carbocycles. The number of hydrogen-bond acceptors (Lipinski definition) is 4. The minimum absolute atomic E-state index is 0.527. The molecule has 1 aliphatic rings. The molecule has 2 heterocycles. The summed E-state index contributed by atoms with van der Waals surface area (Å²) in [4.78, 5) is 0. The van der Waals surface area contributed by atoms with Crippen molar-refractivity contribution in [2.24, 2.45) is 0 Å². The summed E-state index contributed by atoms with van der Waals surface area (Å²) in [5.74, 6) is 1.05. The van der Waals surface area contributed by atoms with Crippen molar-refractivity contribution >= 4 is 27.4 Å². The summed E-state index contributed by atoms with van der Waals surface area (Å²) < 4.78 is 5.75. The van der Waals surface area contributed by atoms with E-state index >= 15 is 0 Å². The number of hydrogen-bond donors (Lipinski definition) is 2. The highest BCUT2D eigenvalue weighted by Crippen LogP contribution is 2.27. The number of aromatic nitrogens is 1. The molecule has 84 valence electrons. The Morgan fingerprint density at radius 2 is 2.31 bits per heavy atom. The third-order valence-corrected chi connectivity index (χ3v) is 3.84. The summed E-state index contributed by atoms with van der Waals surface area (Å²) in [5.41, 5.74) is 0. The van der Waals surface area contributed by atoms with Crippen molar-refractivity contribution in [2.45, 2.75) is 18.9 Å². The molecule has 0 unspecified atom stereocenters. The second-order valence-electron chi connectivity index (χ2n) is 4.21. The molecule has 1 aromatic carbocycles. The van der Waals surface area contributed by atoms with Crippen molar-refractivity contribution in [1.29, 1.82) is 0 Å². The lowest BCUT2D eigenvalue weighted by molar-refractivity contribution is 0.479. The number of nitrogens with one attached hydrogen (secondary N) is 2. The average Bonchev–Trinajstić information content (AvgIpc) is 2.74. The van der Waals surface area contributed by atoms with Gasteiger partial charge in [0.1, 0.15) is 5.82 Å². The van der Waals surface area contributed by atoms with Gasteiger partial charge in [-0.25, -0.2) is 0 Å². The Bertz CT molecular complexity index is 474. The molecule has 1 atom stereocenters. The first-order chi connectivity index (χ1) is 7.93. The first-order valence-electron chi connectivity index (χ1n) is 5.75. The lowest BCUT2D eigenvalue weighted by atomic mass is 10.1. The molecule has 16 heavy (non-hydrogen) atoms. The summed E-state index contributed by atoms with van der Waals surface area (Å²) in [6, 6.07) is 8.92. The molecule has 0 radical (unpaired) electrons. The zero-order valence-electron chi connectivity index (χ0n) is 9.07. The molecule has 2 aromatic rings. The Kier molecular flexibility index (Phi) is 2.76. The second kappa shape index (κ2) is 4.39. The second-order valence-corrected chi connectivity index (χ2v) is 5.02. The molecule has 2 N–H and O–H groups in total. The molecule has 1 aromatic heterocycles. The van der Waals surface area contributed by atoms with E-state index in [4.69, 9.17) is 0 Å². The van der Waals surface area contributed by atoms with E-state index in [2.05, 4.69) is 39.3 Å². The van der Waals surface area contributed by atoms with Crippen molar-refractivity contribution in [3.8, 4) is 0 Å². The standard InChI is InChI=1S/C12H15N3S/c1-2-6-11-10(5-1)12(15-16-11)14-9-4-3-7-13-8-9/h1-2,5-6,9,13H,3-4,7-8H2,(H,14,15)/t9-/m1/s1. The van der Waals surface area contributed by atoms with Gasteiger partial charge in [-0.05, 0) is 43.1 Å². The van der Waals surface area contributed by atoms with Crippen LogP contribution in [-0.2, 0) is 0 Å². The van der Waals surface area contributed by atoms with E-state index in [9.17, 15) is 0 Å². The summed E-state index contributed by atoms with van der Waals surface area (Å²) in [6.45, 7) is 2.20. The van der Waals surface area contributed by atoms with Gasteiger partial charge in [0.15, 0.2) is 0 Å². The Morgan fingerprint density at radius 3 is 3.19 bits per heavy atom. The van der Waals surface area contributed by atoms with E-state index in [0.717, 1.165) is 18.9 Å². The van der Waals surface area contributed by atoms with E-state index < -0.39 is 0 Å². The molecule has 3 nitrogen and oxygen atoms in total. The highest BCUT2D eigenvalue weighted by atomic mass is 32.1. The number of fused-ring (bicyclic) bond motifs is 1. The molecule has 1 fully saturated rings. The van der Waals surface area contributed by atoms with Gasteiger partial charge in [-0.2, -0.15) is 4.37 Å². The smallest absolute Gasteiger partial charge is 0.147 e. The molecule has 1 saturated heterocycles. The SMILES string of the molecule is c1ccc2c(N[C@@H]3CCCNC3)nsc2c1. The van der Waals surface area contributed by atoms with Gasteiger partial charge in [-0.1, -0.05) is 12.1 Å². The summed E-state index contributed by atoms with van der Waals surface area (Å²) in [6.07, 6.45) is 2.48. The topological polar surface area (TPSA) is 37.0 Å². The first-order valence-corrected chi connectivity index (χ1v) is 6.52. The van der Waals surface area contributed by atoms with Crippen LogP contribution in [0, 0.1) is 0 Å². The molecule has 1 aliphatic heterocycles. The van der Waals surface area contributed by atoms with Crippen molar-refractivity contribution in [1.82, 2.24) is 9.69 Å². The fourth-order valence-corrected chi connectivity index (χ4v) is 2.90. The quantitative estimate of drug-likeness (QED) is 0.836.